The van der Waals surface area contributed by atoms with E-state index in [2.05, 4.69) is 0 Å². The minimum Gasteiger partial charge on any atom is -0.454 e. The Hall–Kier alpha value is -3.27. The third kappa shape index (κ3) is 4.29. The number of ether oxygens (including phenoxy) is 2. The lowest BCUT2D eigenvalue weighted by Crippen LogP contribution is -2.31. The fraction of sp³-hybridized carbons (Fsp3) is 0.174. The van der Waals surface area contributed by atoms with Gasteiger partial charge in [-0.1, -0.05) is 66.7 Å². The highest BCUT2D eigenvalue weighted by molar-refractivity contribution is 5.79. The SMILES string of the molecule is O=C(Cc1ccc2c(c1)OCO2)N(Cc1ccccc1)Cc1ccccc1. The van der Waals surface area contributed by atoms with Crippen molar-refractivity contribution >= 4 is 5.91 Å². The predicted octanol–water partition coefficient (Wildman–Crippen LogP) is 4.19. The van der Waals surface area contributed by atoms with Gasteiger partial charge in [-0.15, -0.1) is 0 Å². The van der Waals surface area contributed by atoms with Crippen LogP contribution in [0.25, 0.3) is 0 Å². The zero-order chi connectivity index (χ0) is 18.5. The van der Waals surface area contributed by atoms with Crippen molar-refractivity contribution in [2.75, 3.05) is 6.79 Å². The summed E-state index contributed by atoms with van der Waals surface area (Å²) in [5.41, 5.74) is 3.16. The maximum absolute atomic E-state index is 13.1. The summed E-state index contributed by atoms with van der Waals surface area (Å²) in [6, 6.07) is 25.8. The maximum Gasteiger partial charge on any atom is 0.231 e. The highest BCUT2D eigenvalue weighted by Crippen LogP contribution is 2.32. The molecule has 4 heteroatoms. The summed E-state index contributed by atoms with van der Waals surface area (Å²) >= 11 is 0. The molecule has 0 atom stereocenters. The first-order valence-electron chi connectivity index (χ1n) is 9.02. The van der Waals surface area contributed by atoms with Crippen LogP contribution in [0.4, 0.5) is 0 Å². The normalized spacial score (nSPS) is 12.0. The third-order valence-electron chi connectivity index (χ3n) is 4.58. The molecule has 0 fully saturated rings. The number of hydrogen-bond donors (Lipinski definition) is 0. The van der Waals surface area contributed by atoms with Crippen molar-refractivity contribution < 1.29 is 14.3 Å². The van der Waals surface area contributed by atoms with E-state index in [9.17, 15) is 4.79 Å². The maximum atomic E-state index is 13.1. The Bertz CT molecular complexity index is 868. The summed E-state index contributed by atoms with van der Waals surface area (Å²) in [6.07, 6.45) is 0.330. The molecular weight excluding hydrogens is 338 g/mol. The first kappa shape index (κ1) is 17.2. The lowest BCUT2D eigenvalue weighted by Gasteiger charge is -2.23. The van der Waals surface area contributed by atoms with Crippen molar-refractivity contribution in [3.05, 3.63) is 95.6 Å². The average molecular weight is 359 g/mol. The Kier molecular flexibility index (Phi) is 5.06. The zero-order valence-corrected chi connectivity index (χ0v) is 15.0. The number of nitrogens with zero attached hydrogens (tertiary/aromatic N) is 1. The van der Waals surface area contributed by atoms with Crippen molar-refractivity contribution in [2.24, 2.45) is 0 Å². The molecule has 1 aliphatic heterocycles. The Morgan fingerprint density at radius 1 is 0.741 bits per heavy atom. The second kappa shape index (κ2) is 7.96. The highest BCUT2D eigenvalue weighted by atomic mass is 16.7. The fourth-order valence-electron chi connectivity index (χ4n) is 3.18. The van der Waals surface area contributed by atoms with E-state index in [0.717, 1.165) is 22.4 Å². The van der Waals surface area contributed by atoms with Crippen molar-refractivity contribution in [1.82, 2.24) is 4.90 Å². The van der Waals surface area contributed by atoms with E-state index in [1.165, 1.54) is 0 Å². The molecule has 0 aliphatic carbocycles. The van der Waals surface area contributed by atoms with Gasteiger partial charge in [-0.05, 0) is 28.8 Å². The van der Waals surface area contributed by atoms with Gasteiger partial charge in [-0.2, -0.15) is 0 Å². The quantitative estimate of drug-likeness (QED) is 0.662. The molecule has 0 saturated carbocycles. The molecule has 0 bridgehead atoms. The Morgan fingerprint density at radius 2 is 1.33 bits per heavy atom. The fourth-order valence-corrected chi connectivity index (χ4v) is 3.18. The molecule has 0 spiro atoms. The van der Waals surface area contributed by atoms with E-state index in [0.29, 0.717) is 25.3 Å². The van der Waals surface area contributed by atoms with Crippen LogP contribution < -0.4 is 9.47 Å². The van der Waals surface area contributed by atoms with Gasteiger partial charge in [0.2, 0.25) is 12.7 Å². The van der Waals surface area contributed by atoms with E-state index in [1.807, 2.05) is 83.8 Å². The molecular formula is C23H21NO3. The topological polar surface area (TPSA) is 38.8 Å². The van der Waals surface area contributed by atoms with E-state index < -0.39 is 0 Å². The van der Waals surface area contributed by atoms with Crippen molar-refractivity contribution in [3.8, 4) is 11.5 Å². The van der Waals surface area contributed by atoms with Crippen molar-refractivity contribution in [2.45, 2.75) is 19.5 Å². The first-order valence-corrected chi connectivity index (χ1v) is 9.02. The second-order valence-corrected chi connectivity index (χ2v) is 6.59. The Balaban J connectivity index is 1.52. The summed E-state index contributed by atoms with van der Waals surface area (Å²) in [6.45, 7) is 1.40. The van der Waals surface area contributed by atoms with Gasteiger partial charge in [0.25, 0.3) is 0 Å². The van der Waals surface area contributed by atoms with Crippen LogP contribution in [0.1, 0.15) is 16.7 Å². The van der Waals surface area contributed by atoms with Gasteiger partial charge in [0, 0.05) is 13.1 Å². The van der Waals surface area contributed by atoms with Crippen LogP contribution in [0.3, 0.4) is 0 Å². The van der Waals surface area contributed by atoms with Gasteiger partial charge in [-0.3, -0.25) is 4.79 Å². The predicted molar refractivity (Wildman–Crippen MR) is 103 cm³/mol. The molecule has 3 aromatic carbocycles. The minimum absolute atomic E-state index is 0.0848. The lowest BCUT2D eigenvalue weighted by molar-refractivity contribution is -0.131. The van der Waals surface area contributed by atoms with Crippen molar-refractivity contribution in [1.29, 1.82) is 0 Å². The molecule has 0 radical (unpaired) electrons. The summed E-state index contributed by atoms with van der Waals surface area (Å²) < 4.78 is 10.8. The van der Waals surface area contributed by atoms with Crippen LogP contribution in [-0.4, -0.2) is 17.6 Å². The van der Waals surface area contributed by atoms with Crippen LogP contribution in [0.15, 0.2) is 78.9 Å². The van der Waals surface area contributed by atoms with Crippen LogP contribution in [0, 0.1) is 0 Å². The number of benzene rings is 3. The monoisotopic (exact) mass is 359 g/mol. The molecule has 0 saturated heterocycles. The summed E-state index contributed by atoms with van der Waals surface area (Å²) in [7, 11) is 0. The molecule has 4 nitrogen and oxygen atoms in total. The number of rotatable bonds is 6. The molecule has 27 heavy (non-hydrogen) atoms. The number of carbonyl (C=O) groups is 1. The van der Waals surface area contributed by atoms with Crippen LogP contribution >= 0.6 is 0 Å². The molecule has 1 aliphatic rings. The van der Waals surface area contributed by atoms with Gasteiger partial charge in [0.05, 0.1) is 6.42 Å². The van der Waals surface area contributed by atoms with Crippen LogP contribution in [-0.2, 0) is 24.3 Å². The first-order chi connectivity index (χ1) is 13.3. The van der Waals surface area contributed by atoms with Gasteiger partial charge in [0.15, 0.2) is 11.5 Å². The van der Waals surface area contributed by atoms with Gasteiger partial charge >= 0.3 is 0 Å². The summed E-state index contributed by atoms with van der Waals surface area (Å²) in [5, 5.41) is 0. The number of fused-ring (bicyclic) bond motifs is 1. The van der Waals surface area contributed by atoms with Crippen LogP contribution in [0.5, 0.6) is 11.5 Å². The average Bonchev–Trinajstić information content (AvgIpc) is 3.17. The van der Waals surface area contributed by atoms with Gasteiger partial charge in [0.1, 0.15) is 0 Å². The standard InChI is InChI=1S/C23H21NO3/c25-23(14-20-11-12-21-22(13-20)27-17-26-21)24(15-18-7-3-1-4-8-18)16-19-9-5-2-6-10-19/h1-13H,14-17H2. The number of amides is 1. The third-order valence-corrected chi connectivity index (χ3v) is 4.58. The molecule has 4 rings (SSSR count). The smallest absolute Gasteiger partial charge is 0.231 e. The van der Waals surface area contributed by atoms with Crippen molar-refractivity contribution in [3.63, 3.8) is 0 Å². The van der Waals surface area contributed by atoms with Crippen LogP contribution in [0.2, 0.25) is 0 Å². The molecule has 0 aromatic heterocycles. The van der Waals surface area contributed by atoms with E-state index >= 15 is 0 Å². The second-order valence-electron chi connectivity index (χ2n) is 6.59. The molecule has 1 heterocycles. The molecule has 3 aromatic rings. The van der Waals surface area contributed by atoms with Gasteiger partial charge in [-0.25, -0.2) is 0 Å². The summed E-state index contributed by atoms with van der Waals surface area (Å²) in [5.74, 6) is 1.52. The molecule has 0 unspecified atom stereocenters. The number of hydrogen-bond acceptors (Lipinski definition) is 3. The zero-order valence-electron chi connectivity index (χ0n) is 15.0. The Morgan fingerprint density at radius 3 is 1.96 bits per heavy atom. The highest BCUT2D eigenvalue weighted by Gasteiger charge is 2.18. The van der Waals surface area contributed by atoms with Gasteiger partial charge < -0.3 is 14.4 Å². The lowest BCUT2D eigenvalue weighted by atomic mass is 10.1. The molecule has 136 valence electrons. The van der Waals surface area contributed by atoms with E-state index in [-0.39, 0.29) is 12.7 Å². The number of carbonyl (C=O) groups excluding carboxylic acids is 1. The molecule has 1 amide bonds. The minimum atomic E-state index is 0.0848. The molecule has 0 N–H and O–H groups in total. The van der Waals surface area contributed by atoms with E-state index in [4.69, 9.17) is 9.47 Å². The largest absolute Gasteiger partial charge is 0.454 e. The van der Waals surface area contributed by atoms with E-state index in [1.54, 1.807) is 0 Å². The summed E-state index contributed by atoms with van der Waals surface area (Å²) in [4.78, 5) is 15.0. The Labute approximate surface area is 159 Å².